The fourth-order valence-electron chi connectivity index (χ4n) is 3.03. The van der Waals surface area contributed by atoms with Crippen LogP contribution in [0.15, 0.2) is 18.2 Å². The monoisotopic (exact) mass is 352 g/mol. The Balaban J connectivity index is 2.45. The normalized spacial score (nSPS) is 19.3. The zero-order valence-electron chi connectivity index (χ0n) is 15.5. The molecule has 1 aliphatic rings. The number of amides is 1. The third-order valence-corrected chi connectivity index (χ3v) is 7.27. The maximum atomic E-state index is 10.9. The van der Waals surface area contributed by atoms with Gasteiger partial charge in [-0.15, -0.1) is 0 Å². The number of carbonyl (C=O) groups is 1. The summed E-state index contributed by atoms with van der Waals surface area (Å²) in [4.78, 5) is 10.9. The number of anilines is 1. The summed E-state index contributed by atoms with van der Waals surface area (Å²) in [6.45, 7) is 13.0. The van der Waals surface area contributed by atoms with Crippen molar-refractivity contribution in [1.82, 2.24) is 0 Å². The Morgan fingerprint density at radius 1 is 1.29 bits per heavy atom. The molecule has 24 heavy (non-hydrogen) atoms. The second kappa shape index (κ2) is 6.48. The average Bonchev–Trinajstić information content (AvgIpc) is 2.70. The Morgan fingerprint density at radius 3 is 2.38 bits per heavy atom. The van der Waals surface area contributed by atoms with Crippen LogP contribution in [0.1, 0.15) is 52.4 Å². The lowest BCUT2D eigenvalue weighted by atomic mass is 10.0. The van der Waals surface area contributed by atoms with E-state index < -0.39 is 11.7 Å². The Bertz CT molecular complexity index is 621. The van der Waals surface area contributed by atoms with E-state index in [0.29, 0.717) is 23.5 Å². The van der Waals surface area contributed by atoms with Crippen LogP contribution in [0.25, 0.3) is 0 Å². The highest BCUT2D eigenvalue weighted by atomic mass is 32.2. The largest absolute Gasteiger partial charge is 0.530 e. The van der Waals surface area contributed by atoms with Gasteiger partial charge in [-0.2, -0.15) is 0 Å². The van der Waals surface area contributed by atoms with E-state index in [2.05, 4.69) is 53.9 Å². The number of carboxylic acid groups (broad SMARTS) is 1. The summed E-state index contributed by atoms with van der Waals surface area (Å²) in [5.41, 5.74) is 1.05. The number of hydrogen-bond donors (Lipinski definition) is 1. The molecule has 0 spiro atoms. The lowest BCUT2D eigenvalue weighted by Crippen LogP contribution is -2.50. The van der Waals surface area contributed by atoms with Gasteiger partial charge in [0.25, 0.3) is 0 Å². The van der Waals surface area contributed by atoms with Crippen LogP contribution in [-0.2, 0) is 0 Å². The molecule has 5 nitrogen and oxygen atoms in total. The molecule has 1 amide bonds. The van der Waals surface area contributed by atoms with Gasteiger partial charge in [0.1, 0.15) is 22.7 Å². The van der Waals surface area contributed by atoms with Gasteiger partial charge in [-0.3, -0.25) is 3.89 Å². The minimum absolute atomic E-state index is 0.103. The summed E-state index contributed by atoms with van der Waals surface area (Å²) in [6, 6.07) is 6.47. The number of para-hydroxylation sites is 1. The van der Waals surface area contributed by atoms with Gasteiger partial charge in [0.15, 0.2) is 0 Å². The molecular formula is C18H28N2O3S. The smallest absolute Gasteiger partial charge is 0.148 e. The van der Waals surface area contributed by atoms with E-state index in [1.807, 2.05) is 24.1 Å². The molecule has 0 bridgehead atoms. The zero-order valence-corrected chi connectivity index (χ0v) is 16.4. The molecular weight excluding hydrogens is 324 g/mol. The van der Waals surface area contributed by atoms with Crippen LogP contribution < -0.4 is 15.2 Å². The van der Waals surface area contributed by atoms with Crippen molar-refractivity contribution in [3.63, 3.8) is 0 Å². The Kier molecular flexibility index (Phi) is 5.11. The van der Waals surface area contributed by atoms with E-state index in [0.717, 1.165) is 9.45 Å². The van der Waals surface area contributed by atoms with Gasteiger partial charge in [0.2, 0.25) is 0 Å². The van der Waals surface area contributed by atoms with Crippen LogP contribution in [0.3, 0.4) is 0 Å². The minimum atomic E-state index is -1.33. The molecule has 0 aromatic heterocycles. The topological polar surface area (TPSA) is 61.4 Å². The van der Waals surface area contributed by atoms with E-state index in [1.165, 1.54) is 0 Å². The molecule has 134 valence electrons. The molecule has 1 aromatic carbocycles. The first kappa shape index (κ1) is 18.9. The third-order valence-electron chi connectivity index (χ3n) is 4.94. The fraction of sp³-hybridized carbons (Fsp3) is 0.611. The summed E-state index contributed by atoms with van der Waals surface area (Å²) in [5, 5.41) is 13.4. The second-order valence-corrected chi connectivity index (χ2v) is 9.04. The standard InChI is InChI=1S/C18H28N2O3S/c1-11(2)20(7,12(3)4)24-16-13-9-8-10-14(19-17(21)22)15(13)23-18(16,5)6/h8-12,16,19H,1-7H3. The van der Waals surface area contributed by atoms with Crippen LogP contribution in [-0.4, -0.2) is 34.7 Å². The molecule has 1 heterocycles. The Labute approximate surface area is 149 Å². The molecule has 6 heteroatoms. The van der Waals surface area contributed by atoms with Crippen molar-refractivity contribution in [1.29, 1.82) is 0 Å². The van der Waals surface area contributed by atoms with Gasteiger partial charge in [-0.25, -0.2) is 0 Å². The van der Waals surface area contributed by atoms with E-state index in [1.54, 1.807) is 6.07 Å². The number of nitrogens with one attached hydrogen (secondary N) is 1. The van der Waals surface area contributed by atoms with Gasteiger partial charge in [-0.1, -0.05) is 12.1 Å². The van der Waals surface area contributed by atoms with E-state index in [9.17, 15) is 9.90 Å². The summed E-state index contributed by atoms with van der Waals surface area (Å²) in [7, 11) is 2.25. The summed E-state index contributed by atoms with van der Waals surface area (Å²) in [5.74, 6) is 0.614. The maximum Gasteiger partial charge on any atom is 0.148 e. The number of ether oxygens (including phenoxy) is 1. The van der Waals surface area contributed by atoms with Crippen LogP contribution >= 0.6 is 11.9 Å². The van der Waals surface area contributed by atoms with Gasteiger partial charge in [0.05, 0.1) is 36.8 Å². The molecule has 1 N–H and O–H groups in total. The first-order chi connectivity index (χ1) is 11.0. The Hall–Kier alpha value is -1.40. The lowest BCUT2D eigenvalue weighted by Gasteiger charge is -2.42. The number of rotatable bonds is 5. The Morgan fingerprint density at radius 2 is 1.88 bits per heavy atom. The molecule has 2 rings (SSSR count). The van der Waals surface area contributed by atoms with Crippen LogP contribution in [0.2, 0.25) is 0 Å². The molecule has 1 unspecified atom stereocenters. The van der Waals surface area contributed by atoms with Crippen molar-refractivity contribution < 1.29 is 18.5 Å². The quantitative estimate of drug-likeness (QED) is 0.650. The molecule has 0 fully saturated rings. The first-order valence-electron chi connectivity index (χ1n) is 8.33. The van der Waals surface area contributed by atoms with Crippen molar-refractivity contribution in [3.05, 3.63) is 23.8 Å². The van der Waals surface area contributed by atoms with E-state index in [-0.39, 0.29) is 5.25 Å². The number of carbonyl (C=O) groups excluding carboxylic acids is 1. The summed E-state index contributed by atoms with van der Waals surface area (Å²) in [6.07, 6.45) is -1.33. The van der Waals surface area contributed by atoms with Gasteiger partial charge < -0.3 is 20.0 Å². The molecule has 0 saturated heterocycles. The van der Waals surface area contributed by atoms with Crippen molar-refractivity contribution in [2.75, 3.05) is 12.4 Å². The van der Waals surface area contributed by atoms with E-state index >= 15 is 0 Å². The van der Waals surface area contributed by atoms with Crippen molar-refractivity contribution in [2.45, 2.75) is 64.5 Å². The fourth-order valence-corrected chi connectivity index (χ4v) is 4.57. The van der Waals surface area contributed by atoms with Gasteiger partial charge in [0, 0.05) is 5.56 Å². The first-order valence-corrected chi connectivity index (χ1v) is 9.17. The predicted octanol–water partition coefficient (Wildman–Crippen LogP) is 3.57. The van der Waals surface area contributed by atoms with Crippen LogP contribution in [0.4, 0.5) is 10.5 Å². The van der Waals surface area contributed by atoms with Gasteiger partial charge in [-0.05, 0) is 47.6 Å². The highest BCUT2D eigenvalue weighted by Crippen LogP contribution is 2.56. The third kappa shape index (κ3) is 3.35. The van der Waals surface area contributed by atoms with Crippen LogP contribution in [0.5, 0.6) is 5.75 Å². The number of hydrogen-bond acceptors (Lipinski definition) is 4. The highest BCUT2D eigenvalue weighted by Gasteiger charge is 2.49. The number of benzene rings is 1. The molecule has 1 atom stereocenters. The highest BCUT2D eigenvalue weighted by molar-refractivity contribution is 7.94. The molecule has 0 radical (unpaired) electrons. The predicted molar refractivity (Wildman–Crippen MR) is 97.0 cm³/mol. The lowest BCUT2D eigenvalue weighted by molar-refractivity contribution is -0.820. The maximum absolute atomic E-state index is 10.9. The summed E-state index contributed by atoms with van der Waals surface area (Å²) >= 11 is 1.87. The molecule has 1 aliphatic heterocycles. The molecule has 1 aromatic rings. The second-order valence-electron chi connectivity index (χ2n) is 7.57. The van der Waals surface area contributed by atoms with E-state index in [4.69, 9.17) is 4.74 Å². The van der Waals surface area contributed by atoms with Crippen molar-refractivity contribution >= 4 is 23.7 Å². The SMILES string of the molecule is CC(C)[N+](C)(SC1c2cccc(NC(=O)[O-])c2OC1(C)C)C(C)C. The summed E-state index contributed by atoms with van der Waals surface area (Å²) < 4.78 is 7.00. The molecule has 0 saturated carbocycles. The minimum Gasteiger partial charge on any atom is -0.530 e. The number of nitrogens with zero attached hydrogens (tertiary/aromatic N) is 1. The zero-order chi connectivity index (χ0) is 18.3. The van der Waals surface area contributed by atoms with Crippen LogP contribution in [0, 0.1) is 0 Å². The van der Waals surface area contributed by atoms with Crippen molar-refractivity contribution in [3.8, 4) is 5.75 Å². The van der Waals surface area contributed by atoms with Crippen molar-refractivity contribution in [2.24, 2.45) is 0 Å². The number of fused-ring (bicyclic) bond motifs is 1. The van der Waals surface area contributed by atoms with Gasteiger partial charge >= 0.3 is 0 Å². The molecule has 0 aliphatic carbocycles. The average molecular weight is 353 g/mol. The number of quaternary nitrogens is 1.